The smallest absolute Gasteiger partial charge is 0.0587 e. The molecule has 2 aromatic carbocycles. The van der Waals surface area contributed by atoms with Crippen LogP contribution < -0.4 is 0 Å². The van der Waals surface area contributed by atoms with E-state index >= 15 is 0 Å². The topological polar surface area (TPSA) is 27.0 Å². The minimum Gasteiger partial charge on any atom is -0.306 e. The Morgan fingerprint density at radius 3 is 2.14 bits per heavy atom. The summed E-state index contributed by atoms with van der Waals surface area (Å²) >= 11 is 7.49. The Kier molecular flexibility index (Phi) is 10.3. The Bertz CT molecular complexity index is 725. The molecule has 1 fully saturated rings. The Labute approximate surface area is 187 Å². The van der Waals surface area contributed by atoms with Crippen LogP contribution in [0.15, 0.2) is 54.6 Å². The van der Waals surface area contributed by atoms with E-state index in [2.05, 4.69) is 98.4 Å². The molecule has 1 saturated carbocycles. The fourth-order valence-corrected chi connectivity index (χ4v) is 4.95. The van der Waals surface area contributed by atoms with E-state index in [1.54, 1.807) is 6.07 Å². The van der Waals surface area contributed by atoms with Gasteiger partial charge in [-0.3, -0.25) is 0 Å². The molecule has 3 atom stereocenters. The summed E-state index contributed by atoms with van der Waals surface area (Å²) in [5.41, 5.74) is 4.36. The lowest BCUT2D eigenvalue weighted by Gasteiger charge is -2.38. The number of nitrogens with zero attached hydrogens (tertiary/aromatic N) is 2. The lowest BCUT2D eigenvalue weighted by Crippen LogP contribution is -2.35. The van der Waals surface area contributed by atoms with Gasteiger partial charge in [0.05, 0.1) is 6.07 Å². The zero-order valence-electron chi connectivity index (χ0n) is 16.8. The molecule has 2 nitrogen and oxygen atoms in total. The lowest BCUT2D eigenvalue weighted by atomic mass is 9.79. The summed E-state index contributed by atoms with van der Waals surface area (Å²) in [6.07, 6.45) is 4.76. The minimum absolute atomic E-state index is 0.580. The van der Waals surface area contributed by atoms with Crippen molar-refractivity contribution in [3.05, 3.63) is 71.3 Å². The number of rotatable bonds is 8. The Balaban J connectivity index is 0.000000878. The molecule has 1 aliphatic carbocycles. The van der Waals surface area contributed by atoms with E-state index in [1.807, 2.05) is 0 Å². The highest BCUT2D eigenvalue weighted by atomic mass is 79.9. The lowest BCUT2D eigenvalue weighted by molar-refractivity contribution is 0.333. The van der Waals surface area contributed by atoms with E-state index in [1.165, 1.54) is 42.9 Å². The number of halogens is 2. The monoisotopic (exact) mass is 504 g/mol. The van der Waals surface area contributed by atoms with Gasteiger partial charge in [0, 0.05) is 23.1 Å². The second-order valence-corrected chi connectivity index (χ2v) is 9.64. The SMILES string of the molecule is CC#N.CN(CCCc1ccc(C2CC(Br)C2Br)cc1)CCc1ccccc1. The summed E-state index contributed by atoms with van der Waals surface area (Å²) in [6.45, 7) is 3.72. The number of hydrogen-bond acceptors (Lipinski definition) is 2. The molecule has 0 radical (unpaired) electrons. The summed E-state index contributed by atoms with van der Waals surface area (Å²) in [7, 11) is 2.23. The first-order valence-electron chi connectivity index (χ1n) is 9.95. The second kappa shape index (κ2) is 12.4. The van der Waals surface area contributed by atoms with E-state index in [-0.39, 0.29) is 0 Å². The minimum atomic E-state index is 0.580. The van der Waals surface area contributed by atoms with Gasteiger partial charge in [0.15, 0.2) is 0 Å². The van der Waals surface area contributed by atoms with Crippen molar-refractivity contribution in [1.82, 2.24) is 4.90 Å². The van der Waals surface area contributed by atoms with Gasteiger partial charge in [0.1, 0.15) is 0 Å². The molecule has 0 saturated heterocycles. The molecule has 150 valence electrons. The third-order valence-corrected chi connectivity index (χ3v) is 8.18. The number of nitriles is 1. The van der Waals surface area contributed by atoms with Gasteiger partial charge in [-0.25, -0.2) is 0 Å². The second-order valence-electron chi connectivity index (χ2n) is 7.41. The number of alkyl halides is 2. The van der Waals surface area contributed by atoms with Crippen molar-refractivity contribution < 1.29 is 0 Å². The fourth-order valence-electron chi connectivity index (χ4n) is 3.44. The van der Waals surface area contributed by atoms with Crippen molar-refractivity contribution in [2.24, 2.45) is 0 Å². The van der Waals surface area contributed by atoms with E-state index in [0.29, 0.717) is 15.6 Å². The maximum absolute atomic E-state index is 7.32. The third kappa shape index (κ3) is 7.35. The van der Waals surface area contributed by atoms with Crippen LogP contribution >= 0.6 is 31.9 Å². The molecule has 0 N–H and O–H groups in total. The maximum Gasteiger partial charge on any atom is 0.0587 e. The van der Waals surface area contributed by atoms with Gasteiger partial charge in [-0.15, -0.1) is 0 Å². The molecule has 0 spiro atoms. The molecule has 0 amide bonds. The summed E-state index contributed by atoms with van der Waals surface area (Å²) in [5, 5.41) is 7.32. The predicted octanol–water partition coefficient (Wildman–Crippen LogP) is 6.34. The van der Waals surface area contributed by atoms with Gasteiger partial charge >= 0.3 is 0 Å². The normalized spacial score (nSPS) is 20.6. The van der Waals surface area contributed by atoms with E-state index < -0.39 is 0 Å². The van der Waals surface area contributed by atoms with E-state index in [0.717, 1.165) is 19.5 Å². The van der Waals surface area contributed by atoms with Gasteiger partial charge < -0.3 is 4.90 Å². The molecule has 0 heterocycles. The standard InChI is InChI=1S/C22H27Br2N.C2H3N/c1-25(15-13-17-6-3-2-4-7-17)14-5-8-18-9-11-19(12-10-18)20-16-21(23)22(20)24;1-2-3/h2-4,6-7,9-12,20-22H,5,8,13-16H2,1H3;1H3. The molecule has 3 unspecified atom stereocenters. The third-order valence-electron chi connectivity index (χ3n) is 5.25. The summed E-state index contributed by atoms with van der Waals surface area (Å²) < 4.78 is 0. The number of aryl methyl sites for hydroxylation is 1. The summed E-state index contributed by atoms with van der Waals surface area (Å²) in [6, 6.07) is 21.8. The zero-order chi connectivity index (χ0) is 20.4. The van der Waals surface area contributed by atoms with Crippen LogP contribution in [0.4, 0.5) is 0 Å². The Morgan fingerprint density at radius 1 is 0.964 bits per heavy atom. The molecule has 2 aromatic rings. The van der Waals surface area contributed by atoms with Crippen LogP contribution in [0.5, 0.6) is 0 Å². The Hall–Kier alpha value is -1.15. The van der Waals surface area contributed by atoms with Crippen molar-refractivity contribution >= 4 is 31.9 Å². The number of hydrogen-bond donors (Lipinski definition) is 0. The van der Waals surface area contributed by atoms with Crippen molar-refractivity contribution in [3.63, 3.8) is 0 Å². The van der Waals surface area contributed by atoms with Gasteiger partial charge in [0.2, 0.25) is 0 Å². The molecule has 0 bridgehead atoms. The van der Waals surface area contributed by atoms with Gasteiger partial charge in [-0.1, -0.05) is 86.5 Å². The van der Waals surface area contributed by atoms with Gasteiger partial charge in [-0.2, -0.15) is 5.26 Å². The maximum atomic E-state index is 7.32. The first kappa shape index (κ1) is 23.1. The summed E-state index contributed by atoms with van der Waals surface area (Å²) in [5.74, 6) is 0.669. The first-order chi connectivity index (χ1) is 13.5. The highest BCUT2D eigenvalue weighted by molar-refractivity contribution is 9.12. The van der Waals surface area contributed by atoms with Crippen LogP contribution in [0.3, 0.4) is 0 Å². The molecule has 3 rings (SSSR count). The molecule has 4 heteroatoms. The van der Waals surface area contributed by atoms with Crippen LogP contribution in [-0.4, -0.2) is 34.7 Å². The number of likely N-dealkylation sites (N-methyl/N-ethyl adjacent to an activating group) is 1. The average molecular weight is 506 g/mol. The van der Waals surface area contributed by atoms with Crippen LogP contribution in [-0.2, 0) is 12.8 Å². The van der Waals surface area contributed by atoms with Gasteiger partial charge in [-0.05, 0) is 61.9 Å². The average Bonchev–Trinajstić information content (AvgIpc) is 2.72. The van der Waals surface area contributed by atoms with Gasteiger partial charge in [0.25, 0.3) is 0 Å². The summed E-state index contributed by atoms with van der Waals surface area (Å²) in [4.78, 5) is 3.65. The molecule has 0 aliphatic heterocycles. The quantitative estimate of drug-likeness (QED) is 0.391. The van der Waals surface area contributed by atoms with E-state index in [9.17, 15) is 0 Å². The molecule has 28 heavy (non-hydrogen) atoms. The molecule has 1 aliphatic rings. The first-order valence-corrected chi connectivity index (χ1v) is 11.8. The van der Waals surface area contributed by atoms with Crippen LogP contribution in [0.25, 0.3) is 0 Å². The van der Waals surface area contributed by atoms with Crippen molar-refractivity contribution in [1.29, 1.82) is 5.26 Å². The van der Waals surface area contributed by atoms with Crippen LogP contribution in [0.1, 0.15) is 42.4 Å². The molecular weight excluding hydrogens is 476 g/mol. The number of benzene rings is 2. The van der Waals surface area contributed by atoms with Crippen LogP contribution in [0.2, 0.25) is 0 Å². The molecular formula is C24H30Br2N2. The van der Waals surface area contributed by atoms with Crippen molar-refractivity contribution in [3.8, 4) is 6.07 Å². The Morgan fingerprint density at radius 2 is 1.57 bits per heavy atom. The van der Waals surface area contributed by atoms with Crippen LogP contribution in [0, 0.1) is 11.3 Å². The van der Waals surface area contributed by atoms with Crippen molar-refractivity contribution in [2.75, 3.05) is 20.1 Å². The highest BCUT2D eigenvalue weighted by Crippen LogP contribution is 2.46. The van der Waals surface area contributed by atoms with Crippen molar-refractivity contribution in [2.45, 2.75) is 48.2 Å². The predicted molar refractivity (Wildman–Crippen MR) is 126 cm³/mol. The highest BCUT2D eigenvalue weighted by Gasteiger charge is 2.38. The largest absolute Gasteiger partial charge is 0.306 e. The fraction of sp³-hybridized carbons (Fsp3) is 0.458. The van der Waals surface area contributed by atoms with E-state index in [4.69, 9.17) is 5.26 Å². The zero-order valence-corrected chi connectivity index (χ0v) is 20.0. The molecule has 0 aromatic heterocycles.